The lowest BCUT2D eigenvalue weighted by atomic mass is 9.83. The van der Waals surface area contributed by atoms with Crippen LogP contribution in [0.25, 0.3) is 0 Å². The van der Waals surface area contributed by atoms with E-state index in [2.05, 4.69) is 4.98 Å². The van der Waals surface area contributed by atoms with Crippen molar-refractivity contribution < 1.29 is 22.7 Å². The van der Waals surface area contributed by atoms with Gasteiger partial charge in [-0.15, -0.1) is 0 Å². The summed E-state index contributed by atoms with van der Waals surface area (Å²) in [5.41, 5.74) is -2.60. The van der Waals surface area contributed by atoms with Crippen LogP contribution in [0.4, 0.5) is 19.1 Å². The molecule has 0 aliphatic carbocycles. The molecule has 1 amide bonds. The summed E-state index contributed by atoms with van der Waals surface area (Å²) in [6.45, 7) is -0.166. The van der Waals surface area contributed by atoms with Crippen LogP contribution in [-0.2, 0) is 35.9 Å². The zero-order valence-corrected chi connectivity index (χ0v) is 24.7. The number of nitrogens with zero attached hydrogens (tertiary/aromatic N) is 3. The van der Waals surface area contributed by atoms with Gasteiger partial charge in [0.05, 0.1) is 33.7 Å². The lowest BCUT2D eigenvalue weighted by Crippen LogP contribution is -2.49. The molecule has 4 aromatic rings. The van der Waals surface area contributed by atoms with Gasteiger partial charge in [-0.05, 0) is 53.1 Å². The first-order valence-electron chi connectivity index (χ1n) is 12.4. The standard InChI is InChI=1S/C29H20Cl4F3N3O3/c1-42-19-6-2-16(3-7-19)15-38-26(41)28(13-17-4-8-20(30)22(32)10-17,14-18-5-9-21(31)23(33)11-18)39-25(40)12-24(29(34,35)36)37-27(38)39/h2-12H,13-15H2,1H3. The van der Waals surface area contributed by atoms with E-state index in [1.165, 1.54) is 19.2 Å². The van der Waals surface area contributed by atoms with Gasteiger partial charge in [-0.2, -0.15) is 13.2 Å². The number of carbonyl (C=O) groups is 1. The van der Waals surface area contributed by atoms with Crippen LogP contribution in [0, 0.1) is 0 Å². The Morgan fingerprint density at radius 1 is 0.786 bits per heavy atom. The number of halogens is 7. The summed E-state index contributed by atoms with van der Waals surface area (Å²) in [6, 6.07) is 16.5. The van der Waals surface area contributed by atoms with Gasteiger partial charge in [0.15, 0.2) is 5.69 Å². The maximum atomic E-state index is 14.5. The van der Waals surface area contributed by atoms with Crippen molar-refractivity contribution in [1.82, 2.24) is 9.55 Å². The topological polar surface area (TPSA) is 64.4 Å². The van der Waals surface area contributed by atoms with E-state index in [4.69, 9.17) is 51.1 Å². The van der Waals surface area contributed by atoms with Crippen LogP contribution in [0.3, 0.4) is 0 Å². The second-order valence-corrected chi connectivity index (χ2v) is 11.4. The van der Waals surface area contributed by atoms with Gasteiger partial charge < -0.3 is 4.74 Å². The van der Waals surface area contributed by atoms with Gasteiger partial charge in [-0.25, -0.2) is 4.98 Å². The minimum Gasteiger partial charge on any atom is -0.497 e. The molecule has 1 aliphatic heterocycles. The molecule has 218 valence electrons. The SMILES string of the molecule is COc1ccc(CN2C(=O)C(Cc3ccc(Cl)c(Cl)c3)(Cc3ccc(Cl)c(Cl)c3)n3c2nc(C(F)(F)F)cc3=O)cc1. The number of carbonyl (C=O) groups excluding carboxylic acids is 1. The zero-order valence-electron chi connectivity index (χ0n) is 21.7. The Morgan fingerprint density at radius 3 is 1.79 bits per heavy atom. The molecule has 1 aromatic heterocycles. The van der Waals surface area contributed by atoms with Crippen molar-refractivity contribution in [3.05, 3.63) is 120 Å². The minimum absolute atomic E-state index is 0.123. The number of hydrogen-bond donors (Lipinski definition) is 0. The molecule has 42 heavy (non-hydrogen) atoms. The van der Waals surface area contributed by atoms with Crippen LogP contribution in [0.15, 0.2) is 71.5 Å². The zero-order chi connectivity index (χ0) is 30.4. The predicted octanol–water partition coefficient (Wildman–Crippen LogP) is 7.61. The van der Waals surface area contributed by atoms with E-state index >= 15 is 0 Å². The number of alkyl halides is 3. The van der Waals surface area contributed by atoms with Gasteiger partial charge in [0.1, 0.15) is 11.3 Å². The molecule has 0 saturated carbocycles. The van der Waals surface area contributed by atoms with E-state index in [1.807, 2.05) is 0 Å². The highest BCUT2D eigenvalue weighted by molar-refractivity contribution is 6.42. The molecule has 0 atom stereocenters. The Balaban J connectivity index is 1.74. The number of benzene rings is 3. The lowest BCUT2D eigenvalue weighted by Gasteiger charge is -2.30. The molecular weight excluding hydrogens is 637 g/mol. The Labute approximate surface area is 258 Å². The Kier molecular flexibility index (Phi) is 8.24. The molecule has 3 aromatic carbocycles. The van der Waals surface area contributed by atoms with Crippen molar-refractivity contribution in [1.29, 1.82) is 0 Å². The fraction of sp³-hybridized carbons (Fsp3) is 0.207. The van der Waals surface area contributed by atoms with Gasteiger partial charge in [0.25, 0.3) is 11.5 Å². The molecule has 0 bridgehead atoms. The Morgan fingerprint density at radius 2 is 1.31 bits per heavy atom. The van der Waals surface area contributed by atoms with Gasteiger partial charge in [0, 0.05) is 18.9 Å². The monoisotopic (exact) mass is 655 g/mol. The average Bonchev–Trinajstić information content (AvgIpc) is 3.15. The summed E-state index contributed by atoms with van der Waals surface area (Å²) in [5.74, 6) is -0.524. The van der Waals surface area contributed by atoms with Crippen molar-refractivity contribution in [3.8, 4) is 5.75 Å². The third kappa shape index (κ3) is 5.71. The van der Waals surface area contributed by atoms with Gasteiger partial charge in [0.2, 0.25) is 5.95 Å². The number of amides is 1. The molecule has 0 unspecified atom stereocenters. The largest absolute Gasteiger partial charge is 0.497 e. The molecule has 2 heterocycles. The summed E-state index contributed by atoms with van der Waals surface area (Å²) in [5, 5.41) is 0.953. The molecule has 0 fully saturated rings. The lowest BCUT2D eigenvalue weighted by molar-refractivity contribution is -0.141. The fourth-order valence-corrected chi connectivity index (χ4v) is 5.68. The number of ether oxygens (including phenoxy) is 1. The first kappa shape index (κ1) is 30.2. The maximum absolute atomic E-state index is 14.5. The predicted molar refractivity (Wildman–Crippen MR) is 156 cm³/mol. The summed E-state index contributed by atoms with van der Waals surface area (Å²) in [6.07, 6.45) is -5.17. The summed E-state index contributed by atoms with van der Waals surface area (Å²) in [4.78, 5) is 33.0. The van der Waals surface area contributed by atoms with Crippen LogP contribution in [0.5, 0.6) is 5.75 Å². The van der Waals surface area contributed by atoms with Gasteiger partial charge in [-0.1, -0.05) is 70.7 Å². The highest BCUT2D eigenvalue weighted by atomic mass is 35.5. The van der Waals surface area contributed by atoms with Gasteiger partial charge in [-0.3, -0.25) is 19.1 Å². The van der Waals surface area contributed by atoms with Crippen molar-refractivity contribution >= 4 is 58.3 Å². The second kappa shape index (κ2) is 11.4. The molecule has 0 N–H and O–H groups in total. The van der Waals surface area contributed by atoms with E-state index in [0.717, 1.165) is 9.47 Å². The molecule has 13 heteroatoms. The number of hydrogen-bond acceptors (Lipinski definition) is 4. The first-order chi connectivity index (χ1) is 19.8. The molecule has 0 spiro atoms. The second-order valence-electron chi connectivity index (χ2n) is 9.73. The quantitative estimate of drug-likeness (QED) is 0.205. The first-order valence-corrected chi connectivity index (χ1v) is 13.9. The van der Waals surface area contributed by atoms with Crippen LogP contribution in [0.1, 0.15) is 22.4 Å². The number of rotatable bonds is 7. The van der Waals surface area contributed by atoms with E-state index in [-0.39, 0.29) is 39.5 Å². The third-order valence-electron chi connectivity index (χ3n) is 6.97. The van der Waals surface area contributed by atoms with Crippen LogP contribution < -0.4 is 15.2 Å². The highest BCUT2D eigenvalue weighted by Crippen LogP contribution is 2.41. The molecule has 5 rings (SSSR count). The Bertz CT molecular complexity index is 1690. The summed E-state index contributed by atoms with van der Waals surface area (Å²) < 4.78 is 47.7. The number of methoxy groups -OCH3 is 1. The van der Waals surface area contributed by atoms with Crippen molar-refractivity contribution in [3.63, 3.8) is 0 Å². The third-order valence-corrected chi connectivity index (χ3v) is 8.44. The summed E-state index contributed by atoms with van der Waals surface area (Å²) >= 11 is 24.8. The van der Waals surface area contributed by atoms with E-state index < -0.39 is 34.8 Å². The van der Waals surface area contributed by atoms with Crippen LogP contribution in [-0.4, -0.2) is 22.6 Å². The normalized spacial score (nSPS) is 14.3. The number of anilines is 1. The molecule has 0 saturated heterocycles. The van der Waals surface area contributed by atoms with E-state index in [9.17, 15) is 22.8 Å². The molecular formula is C29H20Cl4F3N3O3. The molecule has 0 radical (unpaired) electrons. The Hall–Kier alpha value is -3.24. The minimum atomic E-state index is -4.93. The van der Waals surface area contributed by atoms with Crippen molar-refractivity contribution in [2.24, 2.45) is 0 Å². The molecule has 1 aliphatic rings. The number of aromatic nitrogens is 2. The highest BCUT2D eigenvalue weighted by Gasteiger charge is 2.53. The summed E-state index contributed by atoms with van der Waals surface area (Å²) in [7, 11) is 1.49. The average molecular weight is 657 g/mol. The fourth-order valence-electron chi connectivity index (χ4n) is 5.04. The number of fused-ring (bicyclic) bond motifs is 1. The van der Waals surface area contributed by atoms with E-state index in [1.54, 1.807) is 48.5 Å². The van der Waals surface area contributed by atoms with Crippen molar-refractivity contribution in [2.45, 2.75) is 31.1 Å². The van der Waals surface area contributed by atoms with Crippen molar-refractivity contribution in [2.75, 3.05) is 12.0 Å². The van der Waals surface area contributed by atoms with E-state index in [0.29, 0.717) is 28.5 Å². The maximum Gasteiger partial charge on any atom is 0.433 e. The van der Waals surface area contributed by atoms with Crippen LogP contribution in [0.2, 0.25) is 20.1 Å². The smallest absolute Gasteiger partial charge is 0.433 e. The molecule has 6 nitrogen and oxygen atoms in total. The van der Waals surface area contributed by atoms with Crippen LogP contribution >= 0.6 is 46.4 Å². The van der Waals surface area contributed by atoms with Gasteiger partial charge >= 0.3 is 6.18 Å².